The fourth-order valence-corrected chi connectivity index (χ4v) is 2.94. The molecule has 0 saturated carbocycles. The lowest BCUT2D eigenvalue weighted by Crippen LogP contribution is -2.28. The Kier molecular flexibility index (Phi) is 4.28. The fourth-order valence-electron chi connectivity index (χ4n) is 2.94. The van der Waals surface area contributed by atoms with E-state index in [1.165, 1.54) is 0 Å². The monoisotopic (exact) mass is 310 g/mol. The number of aryl methyl sites for hydroxylation is 3. The Morgan fingerprint density at radius 1 is 1.09 bits per heavy atom. The molecule has 1 aromatic carbocycles. The maximum atomic E-state index is 12.5. The van der Waals surface area contributed by atoms with E-state index in [1.54, 1.807) is 6.07 Å². The number of hydrogen-bond acceptors (Lipinski definition) is 4. The molecule has 23 heavy (non-hydrogen) atoms. The lowest BCUT2D eigenvalue weighted by atomic mass is 10.1. The van der Waals surface area contributed by atoms with Crippen molar-refractivity contribution < 1.29 is 4.79 Å². The van der Waals surface area contributed by atoms with Gasteiger partial charge in [-0.2, -0.15) is 0 Å². The molecule has 2 heterocycles. The minimum atomic E-state index is -0.00226. The molecule has 5 nitrogen and oxygen atoms in total. The van der Waals surface area contributed by atoms with Gasteiger partial charge in [0.2, 0.25) is 5.95 Å². The number of nitrogens with one attached hydrogen (secondary N) is 1. The van der Waals surface area contributed by atoms with Crippen molar-refractivity contribution in [2.75, 3.05) is 18.4 Å². The summed E-state index contributed by atoms with van der Waals surface area (Å²) in [6, 6.07) is 7.87. The molecule has 0 spiro atoms. The predicted molar refractivity (Wildman–Crippen MR) is 91.1 cm³/mol. The Bertz CT molecular complexity index is 716. The molecule has 1 aromatic heterocycles. The maximum Gasteiger partial charge on any atom is 0.272 e. The third-order valence-corrected chi connectivity index (χ3v) is 4.18. The summed E-state index contributed by atoms with van der Waals surface area (Å²) >= 11 is 0. The number of benzene rings is 1. The van der Waals surface area contributed by atoms with Gasteiger partial charge in [-0.25, -0.2) is 9.97 Å². The number of anilines is 2. The number of para-hydroxylation sites is 1. The number of rotatable bonds is 3. The Labute approximate surface area is 136 Å². The van der Waals surface area contributed by atoms with Crippen LogP contribution in [0.3, 0.4) is 0 Å². The molecule has 3 rings (SSSR count). The van der Waals surface area contributed by atoms with Gasteiger partial charge < -0.3 is 10.2 Å². The minimum absolute atomic E-state index is 0.00226. The van der Waals surface area contributed by atoms with Crippen molar-refractivity contribution in [2.24, 2.45) is 0 Å². The van der Waals surface area contributed by atoms with E-state index in [-0.39, 0.29) is 5.91 Å². The van der Waals surface area contributed by atoms with Crippen LogP contribution in [0.4, 0.5) is 11.6 Å². The molecule has 1 amide bonds. The van der Waals surface area contributed by atoms with Gasteiger partial charge in [0.25, 0.3) is 5.91 Å². The van der Waals surface area contributed by atoms with Crippen molar-refractivity contribution >= 4 is 17.5 Å². The van der Waals surface area contributed by atoms with E-state index in [0.29, 0.717) is 11.6 Å². The normalized spacial score (nSPS) is 14.1. The van der Waals surface area contributed by atoms with Gasteiger partial charge in [0.15, 0.2) is 0 Å². The quantitative estimate of drug-likeness (QED) is 0.944. The van der Waals surface area contributed by atoms with Gasteiger partial charge in [-0.15, -0.1) is 0 Å². The SMILES string of the molecule is Cc1cc(C(=O)N2CCCC2)nc(Nc2c(C)cccc2C)n1. The van der Waals surface area contributed by atoms with Crippen LogP contribution < -0.4 is 5.32 Å². The smallest absolute Gasteiger partial charge is 0.272 e. The second kappa shape index (κ2) is 6.36. The van der Waals surface area contributed by atoms with Gasteiger partial charge in [-0.1, -0.05) is 18.2 Å². The second-order valence-electron chi connectivity index (χ2n) is 6.11. The summed E-state index contributed by atoms with van der Waals surface area (Å²) in [5.41, 5.74) is 4.51. The Morgan fingerprint density at radius 2 is 1.74 bits per heavy atom. The third-order valence-electron chi connectivity index (χ3n) is 4.18. The average Bonchev–Trinajstić information content (AvgIpc) is 3.04. The first-order valence-electron chi connectivity index (χ1n) is 8.03. The van der Waals surface area contributed by atoms with Crippen molar-refractivity contribution in [2.45, 2.75) is 33.6 Å². The summed E-state index contributed by atoms with van der Waals surface area (Å²) < 4.78 is 0. The van der Waals surface area contributed by atoms with Crippen molar-refractivity contribution in [3.05, 3.63) is 46.8 Å². The highest BCUT2D eigenvalue weighted by Crippen LogP contribution is 2.23. The number of carbonyl (C=O) groups excluding carboxylic acids is 1. The van der Waals surface area contributed by atoms with Crippen LogP contribution >= 0.6 is 0 Å². The Balaban J connectivity index is 1.90. The minimum Gasteiger partial charge on any atom is -0.337 e. The molecule has 0 atom stereocenters. The first-order chi connectivity index (χ1) is 11.0. The zero-order valence-corrected chi connectivity index (χ0v) is 13.9. The average molecular weight is 310 g/mol. The van der Waals surface area contributed by atoms with Crippen LogP contribution in [0.25, 0.3) is 0 Å². The van der Waals surface area contributed by atoms with E-state index >= 15 is 0 Å². The fraction of sp³-hybridized carbons (Fsp3) is 0.389. The van der Waals surface area contributed by atoms with Gasteiger partial charge in [0.05, 0.1) is 0 Å². The summed E-state index contributed by atoms with van der Waals surface area (Å²) in [5.74, 6) is 0.475. The van der Waals surface area contributed by atoms with E-state index in [9.17, 15) is 4.79 Å². The number of aromatic nitrogens is 2. The highest BCUT2D eigenvalue weighted by Gasteiger charge is 2.21. The molecule has 1 fully saturated rings. The summed E-state index contributed by atoms with van der Waals surface area (Å²) in [6.07, 6.45) is 2.15. The molecule has 1 aliphatic heterocycles. The third kappa shape index (κ3) is 3.33. The highest BCUT2D eigenvalue weighted by molar-refractivity contribution is 5.93. The van der Waals surface area contributed by atoms with Gasteiger partial charge in [-0.3, -0.25) is 4.79 Å². The molecule has 0 aliphatic carbocycles. The van der Waals surface area contributed by atoms with Crippen LogP contribution in [0.2, 0.25) is 0 Å². The molecular weight excluding hydrogens is 288 g/mol. The lowest BCUT2D eigenvalue weighted by molar-refractivity contribution is 0.0787. The van der Waals surface area contributed by atoms with Crippen molar-refractivity contribution in [3.8, 4) is 0 Å². The summed E-state index contributed by atoms with van der Waals surface area (Å²) in [7, 11) is 0. The van der Waals surface area contributed by atoms with E-state index in [0.717, 1.165) is 48.4 Å². The van der Waals surface area contributed by atoms with Gasteiger partial charge >= 0.3 is 0 Å². The zero-order valence-electron chi connectivity index (χ0n) is 13.9. The molecule has 2 aromatic rings. The lowest BCUT2D eigenvalue weighted by Gasteiger charge is -2.16. The van der Waals surface area contributed by atoms with Crippen LogP contribution in [0.15, 0.2) is 24.3 Å². The van der Waals surface area contributed by atoms with Gasteiger partial charge in [-0.05, 0) is 50.8 Å². The second-order valence-corrected chi connectivity index (χ2v) is 6.11. The van der Waals surface area contributed by atoms with Crippen molar-refractivity contribution in [3.63, 3.8) is 0 Å². The number of nitrogens with zero attached hydrogens (tertiary/aromatic N) is 3. The standard InChI is InChI=1S/C18H22N4O/c1-12-7-6-8-13(2)16(12)21-18-19-14(3)11-15(20-18)17(23)22-9-4-5-10-22/h6-8,11H,4-5,9-10H2,1-3H3,(H,19,20,21). The number of likely N-dealkylation sites (tertiary alicyclic amines) is 1. The highest BCUT2D eigenvalue weighted by atomic mass is 16.2. The number of carbonyl (C=O) groups is 1. The van der Waals surface area contributed by atoms with E-state index in [4.69, 9.17) is 0 Å². The van der Waals surface area contributed by atoms with Crippen molar-refractivity contribution in [1.29, 1.82) is 0 Å². The van der Waals surface area contributed by atoms with E-state index in [2.05, 4.69) is 15.3 Å². The summed E-state index contributed by atoms with van der Waals surface area (Å²) in [5, 5.41) is 3.27. The number of hydrogen-bond donors (Lipinski definition) is 1. The van der Waals surface area contributed by atoms with Crippen LogP contribution in [-0.4, -0.2) is 33.9 Å². The zero-order chi connectivity index (χ0) is 16.4. The van der Waals surface area contributed by atoms with Crippen LogP contribution in [0, 0.1) is 20.8 Å². The van der Waals surface area contributed by atoms with Crippen LogP contribution in [-0.2, 0) is 0 Å². The van der Waals surface area contributed by atoms with Crippen LogP contribution in [0.1, 0.15) is 40.2 Å². The van der Waals surface area contributed by atoms with Gasteiger partial charge in [0.1, 0.15) is 5.69 Å². The number of amides is 1. The predicted octanol–water partition coefficient (Wildman–Crippen LogP) is 3.38. The van der Waals surface area contributed by atoms with E-state index < -0.39 is 0 Å². The van der Waals surface area contributed by atoms with Crippen molar-refractivity contribution in [1.82, 2.24) is 14.9 Å². The molecule has 120 valence electrons. The first-order valence-corrected chi connectivity index (χ1v) is 8.03. The largest absolute Gasteiger partial charge is 0.337 e. The van der Waals surface area contributed by atoms with E-state index in [1.807, 2.05) is 43.9 Å². The molecule has 0 unspecified atom stereocenters. The van der Waals surface area contributed by atoms with Crippen LogP contribution in [0.5, 0.6) is 0 Å². The Hall–Kier alpha value is -2.43. The Morgan fingerprint density at radius 3 is 2.39 bits per heavy atom. The molecule has 0 bridgehead atoms. The molecule has 1 saturated heterocycles. The van der Waals surface area contributed by atoms with Gasteiger partial charge in [0, 0.05) is 24.5 Å². The molecule has 1 aliphatic rings. The maximum absolute atomic E-state index is 12.5. The molecule has 5 heteroatoms. The molecular formula is C18H22N4O. The molecule has 1 N–H and O–H groups in total. The summed E-state index contributed by atoms with van der Waals surface area (Å²) in [4.78, 5) is 23.3. The summed E-state index contributed by atoms with van der Waals surface area (Å²) in [6.45, 7) is 7.62. The first kappa shape index (κ1) is 15.5. The molecule has 0 radical (unpaired) electrons. The topological polar surface area (TPSA) is 58.1 Å².